The van der Waals surface area contributed by atoms with E-state index >= 15 is 0 Å². The molecule has 0 radical (unpaired) electrons. The summed E-state index contributed by atoms with van der Waals surface area (Å²) in [6, 6.07) is 9.11. The van der Waals surface area contributed by atoms with E-state index in [4.69, 9.17) is 16.6 Å². The molecule has 0 saturated carbocycles. The van der Waals surface area contributed by atoms with Crippen LogP contribution in [-0.2, 0) is 4.79 Å². The lowest BCUT2D eigenvalue weighted by Gasteiger charge is -2.13. The molecule has 2 heterocycles. The van der Waals surface area contributed by atoms with E-state index < -0.39 is 0 Å². The van der Waals surface area contributed by atoms with Crippen molar-refractivity contribution < 1.29 is 13.6 Å². The third-order valence-electron chi connectivity index (χ3n) is 2.75. The molecule has 0 atom stereocenters. The molecule has 0 aliphatic carbocycles. The molecule has 1 saturated heterocycles. The maximum absolute atomic E-state index is 13.0. The van der Waals surface area contributed by atoms with Crippen LogP contribution < -0.4 is 4.90 Å². The Morgan fingerprint density at radius 3 is 2.57 bits per heavy atom. The first-order valence-corrected chi connectivity index (χ1v) is 7.85. The fourth-order valence-corrected chi connectivity index (χ4v) is 3.41. The second-order valence-corrected chi connectivity index (χ2v) is 6.59. The monoisotopic (exact) mass is 383 g/mol. The number of benzene rings is 1. The highest BCUT2D eigenvalue weighted by Crippen LogP contribution is 2.36. The minimum absolute atomic E-state index is 0.246. The van der Waals surface area contributed by atoms with Crippen LogP contribution in [0.25, 0.3) is 6.08 Å². The summed E-state index contributed by atoms with van der Waals surface area (Å²) < 4.78 is 19.3. The highest BCUT2D eigenvalue weighted by molar-refractivity contribution is 9.10. The molecule has 1 aliphatic rings. The Balaban J connectivity index is 1.92. The molecule has 21 heavy (non-hydrogen) atoms. The van der Waals surface area contributed by atoms with Gasteiger partial charge in [-0.15, -0.1) is 0 Å². The Kier molecular flexibility index (Phi) is 3.97. The first-order chi connectivity index (χ1) is 10.0. The van der Waals surface area contributed by atoms with Crippen LogP contribution in [0.1, 0.15) is 5.76 Å². The molecule has 0 unspecified atom stereocenters. The molecule has 7 heteroatoms. The van der Waals surface area contributed by atoms with Gasteiger partial charge in [-0.1, -0.05) is 24.0 Å². The number of anilines is 1. The summed E-state index contributed by atoms with van der Waals surface area (Å²) in [5.41, 5.74) is 0.544. The number of thioether (sulfide) groups is 1. The van der Waals surface area contributed by atoms with Crippen LogP contribution in [0.15, 0.2) is 50.4 Å². The molecule has 106 valence electrons. The number of hydrogen-bond donors (Lipinski definition) is 0. The maximum atomic E-state index is 13.0. The first kappa shape index (κ1) is 14.5. The van der Waals surface area contributed by atoms with Gasteiger partial charge in [-0.25, -0.2) is 4.39 Å². The summed E-state index contributed by atoms with van der Waals surface area (Å²) in [6.45, 7) is 0. The van der Waals surface area contributed by atoms with Crippen molar-refractivity contribution in [3.05, 3.63) is 57.6 Å². The average Bonchev–Trinajstić information content (AvgIpc) is 2.96. The molecule has 1 aliphatic heterocycles. The van der Waals surface area contributed by atoms with Crippen LogP contribution in [0.3, 0.4) is 0 Å². The van der Waals surface area contributed by atoms with Crippen molar-refractivity contribution >= 4 is 61.9 Å². The molecular weight excluding hydrogens is 377 g/mol. The lowest BCUT2D eigenvalue weighted by Crippen LogP contribution is -2.27. The van der Waals surface area contributed by atoms with Gasteiger partial charge < -0.3 is 4.42 Å². The van der Waals surface area contributed by atoms with Gasteiger partial charge in [0.05, 0.1) is 10.6 Å². The molecule has 0 spiro atoms. The van der Waals surface area contributed by atoms with Gasteiger partial charge in [0, 0.05) is 6.08 Å². The van der Waals surface area contributed by atoms with Crippen molar-refractivity contribution in [2.75, 3.05) is 4.90 Å². The topological polar surface area (TPSA) is 33.5 Å². The number of nitrogens with zero attached hydrogens (tertiary/aromatic N) is 1. The lowest BCUT2D eigenvalue weighted by atomic mass is 10.3. The zero-order valence-electron chi connectivity index (χ0n) is 10.4. The smallest absolute Gasteiger partial charge is 0.270 e. The van der Waals surface area contributed by atoms with Crippen LogP contribution in [0.2, 0.25) is 0 Å². The standard InChI is InChI=1S/C14H7BrFNO2S2/c15-12-6-5-10(19-12)7-11-13(18)17(14(20)21-11)9-3-1-8(16)2-4-9/h1-7H/b11-7-. The Hall–Kier alpha value is -1.44. The summed E-state index contributed by atoms with van der Waals surface area (Å²) >= 11 is 9.61. The minimum Gasteiger partial charge on any atom is -0.450 e. The summed E-state index contributed by atoms with van der Waals surface area (Å²) in [4.78, 5) is 14.3. The lowest BCUT2D eigenvalue weighted by molar-refractivity contribution is -0.113. The van der Waals surface area contributed by atoms with Crippen LogP contribution in [0, 0.1) is 5.82 Å². The van der Waals surface area contributed by atoms with Gasteiger partial charge in [0.15, 0.2) is 8.99 Å². The molecule has 0 N–H and O–H groups in total. The third-order valence-corrected chi connectivity index (χ3v) is 4.47. The Bertz CT molecular complexity index is 755. The van der Waals surface area contributed by atoms with E-state index in [1.807, 2.05) is 0 Å². The van der Waals surface area contributed by atoms with E-state index in [1.54, 1.807) is 18.2 Å². The fourth-order valence-electron chi connectivity index (χ4n) is 1.82. The Morgan fingerprint density at radius 2 is 1.95 bits per heavy atom. The number of thiocarbonyl (C=S) groups is 1. The summed E-state index contributed by atoms with van der Waals surface area (Å²) in [7, 11) is 0. The number of halogens is 2. The molecule has 1 fully saturated rings. The van der Waals surface area contributed by atoms with Crippen molar-refractivity contribution in [2.24, 2.45) is 0 Å². The molecule has 3 rings (SSSR count). The SMILES string of the molecule is O=C1/C(=C/c2ccc(Br)o2)SC(=S)N1c1ccc(F)cc1. The maximum Gasteiger partial charge on any atom is 0.270 e. The first-order valence-electron chi connectivity index (χ1n) is 5.83. The third kappa shape index (κ3) is 2.95. The molecular formula is C14H7BrFNO2S2. The van der Waals surface area contributed by atoms with Gasteiger partial charge in [-0.3, -0.25) is 9.69 Å². The molecule has 1 amide bonds. The summed E-state index contributed by atoms with van der Waals surface area (Å²) in [5.74, 6) is -0.0502. The van der Waals surface area contributed by atoms with Gasteiger partial charge in [0.25, 0.3) is 5.91 Å². The molecule has 1 aromatic carbocycles. The highest BCUT2D eigenvalue weighted by atomic mass is 79.9. The number of carbonyl (C=O) groups is 1. The fraction of sp³-hybridized carbons (Fsp3) is 0. The van der Waals surface area contributed by atoms with Gasteiger partial charge in [0.1, 0.15) is 11.6 Å². The number of rotatable bonds is 2. The van der Waals surface area contributed by atoms with Crippen molar-refractivity contribution in [3.63, 3.8) is 0 Å². The van der Waals surface area contributed by atoms with E-state index in [0.29, 0.717) is 25.3 Å². The van der Waals surface area contributed by atoms with Gasteiger partial charge in [0.2, 0.25) is 0 Å². The largest absolute Gasteiger partial charge is 0.450 e. The molecule has 1 aromatic heterocycles. The summed E-state index contributed by atoms with van der Waals surface area (Å²) in [6.07, 6.45) is 1.63. The van der Waals surface area contributed by atoms with Crippen LogP contribution in [0.4, 0.5) is 10.1 Å². The van der Waals surface area contributed by atoms with Gasteiger partial charge in [-0.05, 0) is 52.3 Å². The van der Waals surface area contributed by atoms with Crippen molar-refractivity contribution in [3.8, 4) is 0 Å². The Labute approximate surface area is 137 Å². The second-order valence-electron chi connectivity index (χ2n) is 4.14. The molecule has 3 nitrogen and oxygen atoms in total. The molecule has 2 aromatic rings. The van der Waals surface area contributed by atoms with Crippen LogP contribution in [-0.4, -0.2) is 10.2 Å². The highest BCUT2D eigenvalue weighted by Gasteiger charge is 2.33. The zero-order chi connectivity index (χ0) is 15.0. The zero-order valence-corrected chi connectivity index (χ0v) is 13.6. The van der Waals surface area contributed by atoms with E-state index in [-0.39, 0.29) is 11.7 Å². The van der Waals surface area contributed by atoms with Crippen molar-refractivity contribution in [2.45, 2.75) is 0 Å². The predicted molar refractivity (Wildman–Crippen MR) is 88.5 cm³/mol. The number of hydrogen-bond acceptors (Lipinski definition) is 4. The molecule has 0 bridgehead atoms. The second kappa shape index (κ2) is 5.75. The van der Waals surface area contributed by atoms with Gasteiger partial charge in [-0.2, -0.15) is 0 Å². The predicted octanol–water partition coefficient (Wildman–Crippen LogP) is 4.59. The van der Waals surface area contributed by atoms with E-state index in [2.05, 4.69) is 15.9 Å². The van der Waals surface area contributed by atoms with Crippen molar-refractivity contribution in [1.29, 1.82) is 0 Å². The van der Waals surface area contributed by atoms with Crippen LogP contribution >= 0.6 is 39.9 Å². The van der Waals surface area contributed by atoms with E-state index in [9.17, 15) is 9.18 Å². The van der Waals surface area contributed by atoms with E-state index in [0.717, 1.165) is 0 Å². The normalized spacial score (nSPS) is 17.0. The number of amides is 1. The number of carbonyl (C=O) groups excluding carboxylic acids is 1. The number of furan rings is 1. The Morgan fingerprint density at radius 1 is 1.24 bits per heavy atom. The van der Waals surface area contributed by atoms with E-state index in [1.165, 1.54) is 40.9 Å². The average molecular weight is 384 g/mol. The van der Waals surface area contributed by atoms with Crippen molar-refractivity contribution in [1.82, 2.24) is 0 Å². The summed E-state index contributed by atoms with van der Waals surface area (Å²) in [5, 5.41) is 0. The van der Waals surface area contributed by atoms with Crippen LogP contribution in [0.5, 0.6) is 0 Å². The quantitative estimate of drug-likeness (QED) is 0.560. The minimum atomic E-state index is -0.361. The van der Waals surface area contributed by atoms with Gasteiger partial charge >= 0.3 is 0 Å².